The number of benzene rings is 2. The molecule has 2 aromatic rings. The zero-order valence-corrected chi connectivity index (χ0v) is 13.4. The molecule has 0 saturated carbocycles. The van der Waals surface area contributed by atoms with Gasteiger partial charge in [-0.15, -0.1) is 0 Å². The van der Waals surface area contributed by atoms with Crippen LogP contribution in [0, 0.1) is 0 Å². The van der Waals surface area contributed by atoms with Crippen LogP contribution < -0.4 is 4.90 Å². The van der Waals surface area contributed by atoms with E-state index < -0.39 is 0 Å². The van der Waals surface area contributed by atoms with E-state index >= 15 is 0 Å². The molecular formula is C19H16N2OS. The molecule has 0 spiro atoms. The average molecular weight is 320 g/mol. The fraction of sp³-hybridized carbons (Fsp3) is 0.158. The first-order valence-corrected chi connectivity index (χ1v) is 8.71. The lowest BCUT2D eigenvalue weighted by Crippen LogP contribution is -2.33. The van der Waals surface area contributed by atoms with Crippen molar-refractivity contribution in [3.05, 3.63) is 65.7 Å². The lowest BCUT2D eigenvalue weighted by Gasteiger charge is -2.21. The molecule has 0 radical (unpaired) electrons. The Balaban J connectivity index is 1.82. The Morgan fingerprint density at radius 2 is 1.83 bits per heavy atom. The molecule has 0 aromatic heterocycles. The summed E-state index contributed by atoms with van der Waals surface area (Å²) < 4.78 is 0. The summed E-state index contributed by atoms with van der Waals surface area (Å²) in [5.74, 6) is 1.03. The summed E-state index contributed by atoms with van der Waals surface area (Å²) in [5, 5.41) is 0.824. The summed E-state index contributed by atoms with van der Waals surface area (Å²) in [7, 11) is 0. The fourth-order valence-corrected chi connectivity index (χ4v) is 3.82. The van der Waals surface area contributed by atoms with Crippen molar-refractivity contribution in [2.45, 2.75) is 6.42 Å². The van der Waals surface area contributed by atoms with Crippen LogP contribution in [0.5, 0.6) is 0 Å². The van der Waals surface area contributed by atoms with Gasteiger partial charge >= 0.3 is 0 Å². The highest BCUT2D eigenvalue weighted by atomic mass is 32.2. The summed E-state index contributed by atoms with van der Waals surface area (Å²) >= 11 is 1.66. The highest BCUT2D eigenvalue weighted by Crippen LogP contribution is 2.39. The van der Waals surface area contributed by atoms with Crippen molar-refractivity contribution in [1.82, 2.24) is 0 Å². The second kappa shape index (κ2) is 6.05. The number of rotatable bonds is 1. The molecule has 2 heterocycles. The minimum atomic E-state index is 0.0169. The van der Waals surface area contributed by atoms with Gasteiger partial charge < -0.3 is 0 Å². The first kappa shape index (κ1) is 14.3. The van der Waals surface area contributed by atoms with Gasteiger partial charge in [0.2, 0.25) is 0 Å². The summed E-state index contributed by atoms with van der Waals surface area (Å²) in [6.45, 7) is 0.798. The number of hydrogen-bond donors (Lipinski definition) is 0. The monoisotopic (exact) mass is 320 g/mol. The van der Waals surface area contributed by atoms with Gasteiger partial charge in [-0.05, 0) is 24.1 Å². The first-order valence-electron chi connectivity index (χ1n) is 7.72. The quantitative estimate of drug-likeness (QED) is 0.742. The third-order valence-corrected chi connectivity index (χ3v) is 5.01. The molecule has 0 unspecified atom stereocenters. The number of anilines is 1. The molecule has 1 amide bonds. The van der Waals surface area contributed by atoms with Crippen molar-refractivity contribution in [3.8, 4) is 0 Å². The van der Waals surface area contributed by atoms with Crippen LogP contribution in [-0.2, 0) is 4.79 Å². The highest BCUT2D eigenvalue weighted by Gasteiger charge is 2.35. The van der Waals surface area contributed by atoms with Gasteiger partial charge in [-0.3, -0.25) is 14.7 Å². The number of nitrogens with zero attached hydrogens (tertiary/aromatic N) is 2. The molecule has 23 heavy (non-hydrogen) atoms. The first-order chi connectivity index (χ1) is 11.3. The highest BCUT2D eigenvalue weighted by molar-refractivity contribution is 8.14. The maximum atomic E-state index is 13.0. The van der Waals surface area contributed by atoms with Crippen molar-refractivity contribution in [2.75, 3.05) is 17.2 Å². The van der Waals surface area contributed by atoms with Crippen LogP contribution in [0.2, 0.25) is 0 Å². The number of para-hydroxylation sites is 1. The van der Waals surface area contributed by atoms with E-state index in [9.17, 15) is 4.79 Å². The Morgan fingerprint density at radius 3 is 2.61 bits per heavy atom. The molecule has 0 aliphatic carbocycles. The third kappa shape index (κ3) is 2.59. The zero-order chi connectivity index (χ0) is 15.6. The Bertz CT molecular complexity index is 811. The average Bonchev–Trinajstić information content (AvgIpc) is 2.89. The van der Waals surface area contributed by atoms with Crippen LogP contribution in [0.3, 0.4) is 0 Å². The number of amides is 1. The summed E-state index contributed by atoms with van der Waals surface area (Å²) in [6, 6.07) is 17.9. The summed E-state index contributed by atoms with van der Waals surface area (Å²) in [6.07, 6.45) is 3.04. The largest absolute Gasteiger partial charge is 0.268 e. The van der Waals surface area contributed by atoms with Gasteiger partial charge in [0.25, 0.3) is 5.91 Å². The van der Waals surface area contributed by atoms with E-state index in [0.717, 1.165) is 46.3 Å². The van der Waals surface area contributed by atoms with E-state index in [0.29, 0.717) is 0 Å². The fourth-order valence-electron chi connectivity index (χ4n) is 2.87. The van der Waals surface area contributed by atoms with Crippen LogP contribution in [0.1, 0.15) is 17.5 Å². The molecule has 114 valence electrons. The normalized spacial score (nSPS) is 19.0. The molecule has 0 bridgehead atoms. The number of carbonyl (C=O) groups is 1. The van der Waals surface area contributed by atoms with Gasteiger partial charge in [0.1, 0.15) is 0 Å². The smallest absolute Gasteiger partial charge is 0.265 e. The summed E-state index contributed by atoms with van der Waals surface area (Å²) in [5.41, 5.74) is 3.69. The van der Waals surface area contributed by atoms with Crippen molar-refractivity contribution in [2.24, 2.45) is 4.99 Å². The molecule has 3 nitrogen and oxygen atoms in total. The number of amidine groups is 1. The molecule has 0 N–H and O–H groups in total. The number of carbonyl (C=O) groups excluding carboxylic acids is 1. The Kier molecular flexibility index (Phi) is 3.75. The Labute approximate surface area is 139 Å². The van der Waals surface area contributed by atoms with Crippen molar-refractivity contribution >= 4 is 40.2 Å². The molecule has 0 fully saturated rings. The van der Waals surface area contributed by atoms with Crippen LogP contribution in [0.25, 0.3) is 11.6 Å². The van der Waals surface area contributed by atoms with Gasteiger partial charge in [-0.2, -0.15) is 0 Å². The molecule has 0 atom stereocenters. The topological polar surface area (TPSA) is 32.7 Å². The molecule has 4 rings (SSSR count). The number of hydrogen-bond acceptors (Lipinski definition) is 3. The Hall–Kier alpha value is -2.33. The SMILES string of the molecule is O=C1C(=Cc2ccccc2)c2ccccc2N1C1=NCCCS1. The van der Waals surface area contributed by atoms with Gasteiger partial charge in [-0.25, -0.2) is 0 Å². The Morgan fingerprint density at radius 1 is 1.04 bits per heavy atom. The zero-order valence-electron chi connectivity index (χ0n) is 12.6. The van der Waals surface area contributed by atoms with Crippen LogP contribution in [0.4, 0.5) is 5.69 Å². The van der Waals surface area contributed by atoms with E-state index in [1.807, 2.05) is 60.7 Å². The molecule has 2 aliphatic heterocycles. The number of aliphatic imine (C=N–C) groups is 1. The molecular weight excluding hydrogens is 304 g/mol. The second-order valence-corrected chi connectivity index (χ2v) is 6.55. The minimum Gasteiger partial charge on any atom is -0.268 e. The second-order valence-electron chi connectivity index (χ2n) is 5.49. The van der Waals surface area contributed by atoms with E-state index in [1.54, 1.807) is 16.7 Å². The standard InChI is InChI=1S/C19H16N2OS/c22-18-16(13-14-7-2-1-3-8-14)15-9-4-5-10-17(15)21(18)19-20-11-6-12-23-19/h1-5,7-10,13H,6,11-12H2. The predicted molar refractivity (Wildman–Crippen MR) is 97.6 cm³/mol. The van der Waals surface area contributed by atoms with E-state index in [2.05, 4.69) is 4.99 Å². The van der Waals surface area contributed by atoms with E-state index in [-0.39, 0.29) is 5.91 Å². The number of thioether (sulfide) groups is 1. The lowest BCUT2D eigenvalue weighted by atomic mass is 10.0. The lowest BCUT2D eigenvalue weighted by molar-refractivity contribution is -0.112. The minimum absolute atomic E-state index is 0.0169. The van der Waals surface area contributed by atoms with E-state index in [4.69, 9.17) is 0 Å². The maximum absolute atomic E-state index is 13.0. The molecule has 4 heteroatoms. The van der Waals surface area contributed by atoms with Crippen LogP contribution in [-0.4, -0.2) is 23.4 Å². The number of fused-ring (bicyclic) bond motifs is 1. The van der Waals surface area contributed by atoms with Gasteiger partial charge in [-0.1, -0.05) is 60.3 Å². The van der Waals surface area contributed by atoms with Crippen molar-refractivity contribution < 1.29 is 4.79 Å². The third-order valence-electron chi connectivity index (χ3n) is 3.95. The van der Waals surface area contributed by atoms with Crippen molar-refractivity contribution in [3.63, 3.8) is 0 Å². The van der Waals surface area contributed by atoms with Gasteiger partial charge in [0.15, 0.2) is 5.17 Å². The van der Waals surface area contributed by atoms with E-state index in [1.165, 1.54) is 0 Å². The predicted octanol–water partition coefficient (Wildman–Crippen LogP) is 4.07. The molecule has 2 aromatic carbocycles. The molecule has 0 saturated heterocycles. The maximum Gasteiger partial charge on any atom is 0.265 e. The van der Waals surface area contributed by atoms with Gasteiger partial charge in [0, 0.05) is 17.9 Å². The van der Waals surface area contributed by atoms with Gasteiger partial charge in [0.05, 0.1) is 11.3 Å². The molecule has 2 aliphatic rings. The van der Waals surface area contributed by atoms with Crippen LogP contribution >= 0.6 is 11.8 Å². The summed E-state index contributed by atoms with van der Waals surface area (Å²) in [4.78, 5) is 19.4. The van der Waals surface area contributed by atoms with Crippen LogP contribution in [0.15, 0.2) is 59.6 Å². The van der Waals surface area contributed by atoms with Crippen molar-refractivity contribution in [1.29, 1.82) is 0 Å².